The van der Waals surface area contributed by atoms with Gasteiger partial charge in [-0.05, 0) is 68.5 Å². The number of amides is 2. The molecule has 4 atom stereocenters. The summed E-state index contributed by atoms with van der Waals surface area (Å²) < 4.78 is 0. The average Bonchev–Trinajstić information content (AvgIpc) is 3.59. The van der Waals surface area contributed by atoms with Gasteiger partial charge in [0.15, 0.2) is 5.72 Å². The lowest BCUT2D eigenvalue weighted by molar-refractivity contribution is -0.0161. The first-order chi connectivity index (χ1) is 14.8. The highest BCUT2D eigenvalue weighted by Crippen LogP contribution is 2.52. The number of carbonyl (C=O) groups is 1. The molecule has 7 heteroatoms. The largest absolute Gasteiger partial charge is 0.365 e. The second-order valence-corrected chi connectivity index (χ2v) is 9.36. The number of urea groups is 1. The Morgan fingerprint density at radius 3 is 2.52 bits per heavy atom. The van der Waals surface area contributed by atoms with E-state index in [4.69, 9.17) is 23.2 Å². The van der Waals surface area contributed by atoms with Gasteiger partial charge in [-0.2, -0.15) is 5.26 Å². The van der Waals surface area contributed by atoms with Crippen LogP contribution in [0.5, 0.6) is 0 Å². The molecule has 2 aromatic carbocycles. The maximum Gasteiger partial charge on any atom is 0.327 e. The van der Waals surface area contributed by atoms with Gasteiger partial charge in [0.25, 0.3) is 0 Å². The minimum atomic E-state index is -1.64. The molecule has 1 saturated carbocycles. The van der Waals surface area contributed by atoms with Crippen LogP contribution >= 0.6 is 23.2 Å². The molecule has 162 valence electrons. The average molecular weight is 458 g/mol. The smallest absolute Gasteiger partial charge is 0.327 e. The van der Waals surface area contributed by atoms with Crippen LogP contribution in [0.1, 0.15) is 44.2 Å². The number of anilines is 1. The molecule has 0 spiro atoms. The van der Waals surface area contributed by atoms with Crippen molar-refractivity contribution in [1.82, 2.24) is 4.90 Å². The highest BCUT2D eigenvalue weighted by atomic mass is 35.5. The van der Waals surface area contributed by atoms with Crippen LogP contribution in [0.15, 0.2) is 48.5 Å². The summed E-state index contributed by atoms with van der Waals surface area (Å²) in [5, 5.41) is 22.1. The maximum atomic E-state index is 13.9. The van der Waals surface area contributed by atoms with Gasteiger partial charge in [0.1, 0.15) is 0 Å². The Kier molecular flexibility index (Phi) is 5.91. The molecule has 2 amide bonds. The van der Waals surface area contributed by atoms with Gasteiger partial charge in [0.05, 0.1) is 23.1 Å². The van der Waals surface area contributed by atoms with Crippen LogP contribution in [0.2, 0.25) is 5.02 Å². The van der Waals surface area contributed by atoms with Gasteiger partial charge in [-0.15, -0.1) is 11.6 Å². The Balaban J connectivity index is 1.93. The molecule has 1 aliphatic heterocycles. The van der Waals surface area contributed by atoms with Crippen LogP contribution in [0, 0.1) is 17.2 Å². The first-order valence-corrected chi connectivity index (χ1v) is 11.4. The van der Waals surface area contributed by atoms with Crippen LogP contribution in [-0.2, 0) is 5.72 Å². The van der Waals surface area contributed by atoms with Crippen molar-refractivity contribution >= 4 is 34.9 Å². The third kappa shape index (κ3) is 3.67. The number of hydrogen-bond donors (Lipinski definition) is 1. The number of nitrogens with zero attached hydrogens (tertiary/aromatic N) is 3. The number of hydrogen-bond acceptors (Lipinski definition) is 3. The number of aliphatic hydroxyl groups is 1. The van der Waals surface area contributed by atoms with Crippen molar-refractivity contribution in [3.63, 3.8) is 0 Å². The lowest BCUT2D eigenvalue weighted by Gasteiger charge is -2.39. The summed E-state index contributed by atoms with van der Waals surface area (Å²) in [4.78, 5) is 17.1. The maximum absolute atomic E-state index is 13.9. The van der Waals surface area contributed by atoms with E-state index < -0.39 is 11.8 Å². The Labute approximate surface area is 192 Å². The van der Waals surface area contributed by atoms with Gasteiger partial charge in [-0.1, -0.05) is 30.7 Å². The zero-order chi connectivity index (χ0) is 22.3. The third-order valence-corrected chi connectivity index (χ3v) is 7.31. The molecule has 1 aliphatic carbocycles. The van der Waals surface area contributed by atoms with E-state index in [1.807, 2.05) is 13.8 Å². The summed E-state index contributed by atoms with van der Waals surface area (Å²) in [7, 11) is 0. The molecule has 0 radical (unpaired) electrons. The minimum Gasteiger partial charge on any atom is -0.365 e. The summed E-state index contributed by atoms with van der Waals surface area (Å²) in [6.45, 7) is 3.92. The molecule has 2 aromatic rings. The van der Waals surface area contributed by atoms with E-state index in [9.17, 15) is 15.2 Å². The van der Waals surface area contributed by atoms with E-state index in [0.29, 0.717) is 28.3 Å². The molecule has 2 fully saturated rings. The molecule has 5 nitrogen and oxygen atoms in total. The lowest BCUT2D eigenvalue weighted by atomic mass is 9.89. The predicted octanol–water partition coefficient (Wildman–Crippen LogP) is 5.48. The van der Waals surface area contributed by atoms with Crippen molar-refractivity contribution in [1.29, 1.82) is 5.26 Å². The van der Waals surface area contributed by atoms with E-state index >= 15 is 0 Å². The number of benzene rings is 2. The molecule has 1 N–H and O–H groups in total. The Morgan fingerprint density at radius 2 is 1.94 bits per heavy atom. The molecule has 31 heavy (non-hydrogen) atoms. The SMILES string of the molecule is CC[C@@H](Cl)C(C)N1C(=O)N(c2ccc(Cl)cc2)C(O)(c2cccc(C#N)c2)C1C1CC1. The third-order valence-electron chi connectivity index (χ3n) is 6.39. The fourth-order valence-electron chi connectivity index (χ4n) is 4.63. The van der Waals surface area contributed by atoms with Crippen LogP contribution < -0.4 is 4.90 Å². The molecular formula is C24H25Cl2N3O2. The van der Waals surface area contributed by atoms with Crippen molar-refractivity contribution in [2.45, 2.75) is 56.3 Å². The van der Waals surface area contributed by atoms with Gasteiger partial charge in [-0.3, -0.25) is 4.90 Å². The molecule has 4 rings (SSSR count). The number of carbonyl (C=O) groups excluding carboxylic acids is 1. The summed E-state index contributed by atoms with van der Waals surface area (Å²) in [5.41, 5.74) is -0.150. The van der Waals surface area contributed by atoms with Crippen LogP contribution in [0.25, 0.3) is 0 Å². The molecule has 2 aliphatic rings. The van der Waals surface area contributed by atoms with E-state index in [1.165, 1.54) is 4.90 Å². The van der Waals surface area contributed by atoms with Gasteiger partial charge in [-0.25, -0.2) is 4.79 Å². The first kappa shape index (κ1) is 22.0. The van der Waals surface area contributed by atoms with Gasteiger partial charge in [0, 0.05) is 22.3 Å². The normalized spacial score (nSPS) is 25.4. The molecule has 1 heterocycles. The Morgan fingerprint density at radius 1 is 1.26 bits per heavy atom. The second-order valence-electron chi connectivity index (χ2n) is 8.37. The number of rotatable bonds is 6. The second kappa shape index (κ2) is 8.35. The zero-order valence-electron chi connectivity index (χ0n) is 17.5. The zero-order valence-corrected chi connectivity index (χ0v) is 19.0. The summed E-state index contributed by atoms with van der Waals surface area (Å²) in [6, 6.07) is 14.8. The molecule has 1 saturated heterocycles. The fourth-order valence-corrected chi connectivity index (χ4v) is 4.88. The van der Waals surface area contributed by atoms with Gasteiger partial charge in [0.2, 0.25) is 0 Å². The summed E-state index contributed by atoms with van der Waals surface area (Å²) in [6.07, 6.45) is 2.55. The topological polar surface area (TPSA) is 67.6 Å². The fraction of sp³-hybridized carbons (Fsp3) is 0.417. The van der Waals surface area contributed by atoms with Gasteiger partial charge < -0.3 is 10.0 Å². The number of alkyl halides is 1. The van der Waals surface area contributed by atoms with Crippen LogP contribution in [0.3, 0.4) is 0 Å². The number of nitriles is 1. The standard InChI is InChI=1S/C24H25Cl2N3O2/c1-3-21(26)15(2)28-22(17-7-8-17)24(31,18-6-4-5-16(13-18)14-27)29(23(28)30)20-11-9-19(25)10-12-20/h4-6,9-13,15,17,21-22,31H,3,7-8H2,1-2H3/t15?,21-,22?,24?/m1/s1. The molecular weight excluding hydrogens is 433 g/mol. The quantitative estimate of drug-likeness (QED) is 0.583. The Hall–Kier alpha value is -2.26. The summed E-state index contributed by atoms with van der Waals surface area (Å²) >= 11 is 12.7. The molecule has 3 unspecified atom stereocenters. The van der Waals surface area contributed by atoms with Crippen LogP contribution in [0.4, 0.5) is 10.5 Å². The highest BCUT2D eigenvalue weighted by molar-refractivity contribution is 6.30. The first-order valence-electron chi connectivity index (χ1n) is 10.6. The monoisotopic (exact) mass is 457 g/mol. The Bertz CT molecular complexity index is 1020. The highest BCUT2D eigenvalue weighted by Gasteiger charge is 2.63. The van der Waals surface area contributed by atoms with E-state index in [-0.39, 0.29) is 23.4 Å². The van der Waals surface area contributed by atoms with Crippen molar-refractivity contribution in [3.05, 3.63) is 64.7 Å². The van der Waals surface area contributed by atoms with Gasteiger partial charge >= 0.3 is 6.03 Å². The number of halogens is 2. The van der Waals surface area contributed by atoms with E-state index in [2.05, 4.69) is 6.07 Å². The predicted molar refractivity (Wildman–Crippen MR) is 122 cm³/mol. The van der Waals surface area contributed by atoms with Crippen molar-refractivity contribution in [2.24, 2.45) is 5.92 Å². The van der Waals surface area contributed by atoms with E-state index in [1.54, 1.807) is 53.4 Å². The van der Waals surface area contributed by atoms with E-state index in [0.717, 1.165) is 12.8 Å². The minimum absolute atomic E-state index is 0.153. The van der Waals surface area contributed by atoms with Crippen molar-refractivity contribution in [2.75, 3.05) is 4.90 Å². The van der Waals surface area contributed by atoms with Crippen molar-refractivity contribution < 1.29 is 9.90 Å². The van der Waals surface area contributed by atoms with Crippen molar-refractivity contribution in [3.8, 4) is 6.07 Å². The molecule has 0 bridgehead atoms. The molecule has 0 aromatic heterocycles. The summed E-state index contributed by atoms with van der Waals surface area (Å²) in [5.74, 6) is 0.153. The van der Waals surface area contributed by atoms with Crippen LogP contribution in [-0.4, -0.2) is 33.5 Å². The lowest BCUT2D eigenvalue weighted by Crippen LogP contribution is -2.52.